The number of imidazole rings is 1. The summed E-state index contributed by atoms with van der Waals surface area (Å²) in [6.45, 7) is 0.505. The summed E-state index contributed by atoms with van der Waals surface area (Å²) in [5, 5.41) is 0.860. The molecule has 3 aromatic rings. The summed E-state index contributed by atoms with van der Waals surface area (Å²) in [4.78, 5) is 13.0. The van der Waals surface area contributed by atoms with E-state index < -0.39 is 0 Å². The molecular weight excluding hydrogens is 244 g/mol. The molecule has 0 unspecified atom stereocenters. The third-order valence-corrected chi connectivity index (χ3v) is 3.64. The van der Waals surface area contributed by atoms with E-state index in [-0.39, 0.29) is 0 Å². The molecule has 0 aliphatic heterocycles. The van der Waals surface area contributed by atoms with Crippen LogP contribution in [-0.2, 0) is 6.54 Å². The molecule has 0 saturated carbocycles. The third-order valence-electron chi connectivity index (χ3n) is 2.66. The van der Waals surface area contributed by atoms with E-state index in [4.69, 9.17) is 5.73 Å². The van der Waals surface area contributed by atoms with Gasteiger partial charge in [-0.15, -0.1) is 0 Å². The van der Waals surface area contributed by atoms with Gasteiger partial charge in [0, 0.05) is 23.8 Å². The van der Waals surface area contributed by atoms with Gasteiger partial charge in [-0.05, 0) is 35.5 Å². The Labute approximate surface area is 109 Å². The number of nitrogens with two attached hydrogens (primary N) is 1. The highest BCUT2D eigenvalue weighted by molar-refractivity contribution is 7.99. The Hall–Kier alpha value is -1.85. The van der Waals surface area contributed by atoms with Crippen molar-refractivity contribution in [2.45, 2.75) is 16.6 Å². The summed E-state index contributed by atoms with van der Waals surface area (Å²) in [5.41, 5.74) is 8.80. The van der Waals surface area contributed by atoms with Crippen LogP contribution in [0.2, 0.25) is 0 Å². The van der Waals surface area contributed by atoms with Gasteiger partial charge >= 0.3 is 0 Å². The average molecular weight is 256 g/mol. The summed E-state index contributed by atoms with van der Waals surface area (Å²) < 4.78 is 0. The van der Waals surface area contributed by atoms with Gasteiger partial charge in [0.2, 0.25) is 0 Å². The molecule has 0 amide bonds. The molecule has 0 radical (unpaired) electrons. The molecule has 0 bridgehead atoms. The van der Waals surface area contributed by atoms with E-state index in [0.717, 1.165) is 26.6 Å². The number of nitrogens with zero attached hydrogens (tertiary/aromatic N) is 2. The van der Waals surface area contributed by atoms with E-state index >= 15 is 0 Å². The summed E-state index contributed by atoms with van der Waals surface area (Å²) in [6.07, 6.45) is 3.57. The fourth-order valence-corrected chi connectivity index (χ4v) is 2.66. The Morgan fingerprint density at radius 3 is 2.94 bits per heavy atom. The zero-order chi connectivity index (χ0) is 12.4. The molecule has 3 rings (SSSR count). The molecule has 2 heterocycles. The molecule has 0 saturated heterocycles. The summed E-state index contributed by atoms with van der Waals surface area (Å²) in [5.74, 6) is 0. The van der Waals surface area contributed by atoms with E-state index in [1.807, 2.05) is 36.5 Å². The second-order valence-electron chi connectivity index (χ2n) is 3.85. The van der Waals surface area contributed by atoms with Crippen LogP contribution < -0.4 is 5.73 Å². The molecular formula is C13H12N4S. The Morgan fingerprint density at radius 1 is 1.22 bits per heavy atom. The zero-order valence-electron chi connectivity index (χ0n) is 9.63. The average Bonchev–Trinajstić information content (AvgIpc) is 2.81. The third kappa shape index (κ3) is 2.10. The number of aromatic nitrogens is 3. The van der Waals surface area contributed by atoms with Gasteiger partial charge in [-0.2, -0.15) is 0 Å². The lowest BCUT2D eigenvalue weighted by atomic mass is 10.3. The first kappa shape index (κ1) is 11.3. The molecule has 5 heteroatoms. The normalized spacial score (nSPS) is 10.9. The molecule has 0 aliphatic carbocycles. The number of H-pyrrole nitrogens is 1. The maximum absolute atomic E-state index is 5.71. The van der Waals surface area contributed by atoms with Gasteiger partial charge in [0.1, 0.15) is 0 Å². The summed E-state index contributed by atoms with van der Waals surface area (Å²) in [6, 6.07) is 9.91. The molecule has 2 aromatic heterocycles. The van der Waals surface area contributed by atoms with Crippen LogP contribution in [0.5, 0.6) is 0 Å². The number of rotatable bonds is 3. The smallest absolute Gasteiger partial charge is 0.171 e. The van der Waals surface area contributed by atoms with E-state index in [2.05, 4.69) is 15.0 Å². The Bertz CT molecular complexity index is 644. The van der Waals surface area contributed by atoms with E-state index in [9.17, 15) is 0 Å². The topological polar surface area (TPSA) is 67.6 Å². The molecule has 1 aromatic carbocycles. The van der Waals surface area contributed by atoms with Crippen LogP contribution in [-0.4, -0.2) is 15.0 Å². The lowest BCUT2D eigenvalue weighted by molar-refractivity contribution is 0.997. The second-order valence-corrected chi connectivity index (χ2v) is 4.88. The number of nitrogens with one attached hydrogen (secondary N) is 1. The van der Waals surface area contributed by atoms with E-state index in [1.165, 1.54) is 0 Å². The van der Waals surface area contributed by atoms with Crippen LogP contribution >= 0.6 is 11.8 Å². The second kappa shape index (κ2) is 4.80. The molecule has 0 fully saturated rings. The van der Waals surface area contributed by atoms with Crippen molar-refractivity contribution >= 4 is 22.8 Å². The quantitative estimate of drug-likeness (QED) is 0.755. The first-order chi connectivity index (χ1) is 8.86. The highest BCUT2D eigenvalue weighted by Gasteiger charge is 2.07. The molecule has 18 heavy (non-hydrogen) atoms. The van der Waals surface area contributed by atoms with Gasteiger partial charge in [-0.25, -0.2) is 4.98 Å². The van der Waals surface area contributed by atoms with Crippen molar-refractivity contribution in [2.24, 2.45) is 5.73 Å². The standard InChI is InChI=1S/C13H12N4S/c14-7-9-5-6-15-8-12(9)18-13-16-10-3-1-2-4-11(10)17-13/h1-6,8H,7,14H2,(H,16,17). The summed E-state index contributed by atoms with van der Waals surface area (Å²) >= 11 is 1.56. The number of hydrogen-bond acceptors (Lipinski definition) is 4. The van der Waals surface area contributed by atoms with Gasteiger partial charge in [0.25, 0.3) is 0 Å². The van der Waals surface area contributed by atoms with E-state index in [1.54, 1.807) is 18.0 Å². The number of benzene rings is 1. The fourth-order valence-electron chi connectivity index (χ4n) is 1.75. The minimum absolute atomic E-state index is 0.505. The largest absolute Gasteiger partial charge is 0.333 e. The first-order valence-corrected chi connectivity index (χ1v) is 6.44. The maximum atomic E-state index is 5.71. The number of para-hydroxylation sites is 2. The Morgan fingerprint density at radius 2 is 2.11 bits per heavy atom. The van der Waals surface area contributed by atoms with Gasteiger partial charge in [-0.3, -0.25) is 4.98 Å². The van der Waals surface area contributed by atoms with Crippen LogP contribution in [0, 0.1) is 0 Å². The SMILES string of the molecule is NCc1ccncc1Sc1nc2ccccc2[nH]1. The molecule has 3 N–H and O–H groups in total. The Kier molecular flexibility index (Phi) is 3.00. The lowest BCUT2D eigenvalue weighted by Gasteiger charge is -2.03. The highest BCUT2D eigenvalue weighted by Crippen LogP contribution is 2.28. The molecule has 0 aliphatic rings. The molecule has 0 atom stereocenters. The van der Waals surface area contributed by atoms with Crippen LogP contribution in [0.1, 0.15) is 5.56 Å². The van der Waals surface area contributed by atoms with Gasteiger partial charge in [-0.1, -0.05) is 12.1 Å². The van der Waals surface area contributed by atoms with Gasteiger partial charge in [0.05, 0.1) is 11.0 Å². The molecule has 90 valence electrons. The van der Waals surface area contributed by atoms with Crippen molar-refractivity contribution in [1.29, 1.82) is 0 Å². The van der Waals surface area contributed by atoms with Crippen molar-refractivity contribution in [1.82, 2.24) is 15.0 Å². The minimum Gasteiger partial charge on any atom is -0.333 e. The number of aromatic amines is 1. The van der Waals surface area contributed by atoms with Crippen LogP contribution in [0.4, 0.5) is 0 Å². The van der Waals surface area contributed by atoms with Gasteiger partial charge < -0.3 is 10.7 Å². The number of hydrogen-bond donors (Lipinski definition) is 2. The van der Waals surface area contributed by atoms with Crippen LogP contribution in [0.15, 0.2) is 52.8 Å². The fraction of sp³-hybridized carbons (Fsp3) is 0.0769. The van der Waals surface area contributed by atoms with Crippen molar-refractivity contribution < 1.29 is 0 Å². The predicted octanol–water partition coefficient (Wildman–Crippen LogP) is 2.57. The minimum atomic E-state index is 0.505. The molecule has 0 spiro atoms. The number of pyridine rings is 1. The summed E-state index contributed by atoms with van der Waals surface area (Å²) in [7, 11) is 0. The van der Waals surface area contributed by atoms with Crippen molar-refractivity contribution in [3.05, 3.63) is 48.3 Å². The van der Waals surface area contributed by atoms with Crippen molar-refractivity contribution in [2.75, 3.05) is 0 Å². The zero-order valence-corrected chi connectivity index (χ0v) is 10.4. The monoisotopic (exact) mass is 256 g/mol. The highest BCUT2D eigenvalue weighted by atomic mass is 32.2. The first-order valence-electron chi connectivity index (χ1n) is 5.62. The van der Waals surface area contributed by atoms with Gasteiger partial charge in [0.15, 0.2) is 5.16 Å². The van der Waals surface area contributed by atoms with Crippen molar-refractivity contribution in [3.63, 3.8) is 0 Å². The lowest BCUT2D eigenvalue weighted by Crippen LogP contribution is -1.98. The predicted molar refractivity (Wildman–Crippen MR) is 72.3 cm³/mol. The Balaban J connectivity index is 1.96. The maximum Gasteiger partial charge on any atom is 0.171 e. The van der Waals surface area contributed by atoms with Crippen LogP contribution in [0.25, 0.3) is 11.0 Å². The number of fused-ring (bicyclic) bond motifs is 1. The van der Waals surface area contributed by atoms with Crippen LogP contribution in [0.3, 0.4) is 0 Å². The molecule has 4 nitrogen and oxygen atoms in total. The van der Waals surface area contributed by atoms with E-state index in [0.29, 0.717) is 6.54 Å². The van der Waals surface area contributed by atoms with Crippen molar-refractivity contribution in [3.8, 4) is 0 Å².